The van der Waals surface area contributed by atoms with Gasteiger partial charge in [-0.25, -0.2) is 4.99 Å². The zero-order valence-corrected chi connectivity index (χ0v) is 15.7. The van der Waals surface area contributed by atoms with E-state index in [1.165, 1.54) is 44.1 Å². The molecule has 25 heavy (non-hydrogen) atoms. The predicted molar refractivity (Wildman–Crippen MR) is 103 cm³/mol. The number of hydrogen-bond donors (Lipinski definition) is 2. The fourth-order valence-electron chi connectivity index (χ4n) is 3.16. The SMILES string of the molecule is COCCCOc1cc(C)ccc1CN=C(N)NC1CCCCCC1. The van der Waals surface area contributed by atoms with Crippen molar-refractivity contribution in [1.82, 2.24) is 5.32 Å². The van der Waals surface area contributed by atoms with Crippen LogP contribution in [0.15, 0.2) is 23.2 Å². The summed E-state index contributed by atoms with van der Waals surface area (Å²) in [6.07, 6.45) is 8.48. The molecular weight excluding hydrogens is 314 g/mol. The van der Waals surface area contributed by atoms with E-state index in [9.17, 15) is 0 Å². The summed E-state index contributed by atoms with van der Waals surface area (Å²) in [5.41, 5.74) is 8.35. The molecule has 0 spiro atoms. The molecule has 140 valence electrons. The Morgan fingerprint density at radius 2 is 1.96 bits per heavy atom. The summed E-state index contributed by atoms with van der Waals surface area (Å²) in [5, 5.41) is 3.39. The summed E-state index contributed by atoms with van der Waals surface area (Å²) in [7, 11) is 1.71. The van der Waals surface area contributed by atoms with Gasteiger partial charge in [0.15, 0.2) is 5.96 Å². The van der Waals surface area contributed by atoms with E-state index in [0.717, 1.165) is 17.7 Å². The first kappa shape index (κ1) is 19.6. The Morgan fingerprint density at radius 3 is 2.68 bits per heavy atom. The van der Waals surface area contributed by atoms with Gasteiger partial charge in [0.25, 0.3) is 0 Å². The summed E-state index contributed by atoms with van der Waals surface area (Å²) >= 11 is 0. The highest BCUT2D eigenvalue weighted by Crippen LogP contribution is 2.22. The molecule has 0 radical (unpaired) electrons. The van der Waals surface area contributed by atoms with E-state index in [1.54, 1.807) is 7.11 Å². The zero-order valence-electron chi connectivity index (χ0n) is 15.7. The second kappa shape index (κ2) is 11.0. The van der Waals surface area contributed by atoms with Crippen molar-refractivity contribution in [2.45, 2.75) is 64.5 Å². The van der Waals surface area contributed by atoms with Crippen molar-refractivity contribution >= 4 is 5.96 Å². The van der Waals surface area contributed by atoms with E-state index >= 15 is 0 Å². The van der Waals surface area contributed by atoms with Crippen LogP contribution in [0, 0.1) is 6.92 Å². The number of guanidine groups is 1. The number of nitrogens with zero attached hydrogens (tertiary/aromatic N) is 1. The van der Waals surface area contributed by atoms with Gasteiger partial charge in [0, 0.05) is 31.7 Å². The normalized spacial score (nSPS) is 16.5. The summed E-state index contributed by atoms with van der Waals surface area (Å²) in [4.78, 5) is 4.53. The molecule has 1 saturated carbocycles. The molecule has 0 unspecified atom stereocenters. The van der Waals surface area contributed by atoms with Crippen molar-refractivity contribution < 1.29 is 9.47 Å². The molecule has 0 saturated heterocycles. The van der Waals surface area contributed by atoms with Crippen LogP contribution >= 0.6 is 0 Å². The van der Waals surface area contributed by atoms with Gasteiger partial charge in [-0.2, -0.15) is 0 Å². The number of hydrogen-bond acceptors (Lipinski definition) is 3. The molecule has 0 heterocycles. The average Bonchev–Trinajstić information content (AvgIpc) is 2.86. The van der Waals surface area contributed by atoms with Gasteiger partial charge >= 0.3 is 0 Å². The monoisotopic (exact) mass is 347 g/mol. The maximum Gasteiger partial charge on any atom is 0.189 e. The quantitative estimate of drug-likeness (QED) is 0.327. The lowest BCUT2D eigenvalue weighted by Gasteiger charge is -2.17. The fourth-order valence-corrected chi connectivity index (χ4v) is 3.16. The molecule has 1 aromatic carbocycles. The number of aryl methyl sites for hydroxylation is 1. The Labute approximate surface area is 152 Å². The van der Waals surface area contributed by atoms with Gasteiger partial charge in [-0.3, -0.25) is 0 Å². The first-order chi connectivity index (χ1) is 12.2. The zero-order chi connectivity index (χ0) is 17.9. The molecule has 3 N–H and O–H groups in total. The van der Waals surface area contributed by atoms with E-state index < -0.39 is 0 Å². The average molecular weight is 348 g/mol. The second-order valence-electron chi connectivity index (χ2n) is 6.84. The maximum atomic E-state index is 6.10. The third-order valence-corrected chi connectivity index (χ3v) is 4.60. The number of nitrogens with two attached hydrogens (primary N) is 1. The van der Waals surface area contributed by atoms with Crippen molar-refractivity contribution in [1.29, 1.82) is 0 Å². The van der Waals surface area contributed by atoms with Gasteiger partial charge in [0.1, 0.15) is 5.75 Å². The minimum Gasteiger partial charge on any atom is -0.493 e. The first-order valence-corrected chi connectivity index (χ1v) is 9.46. The molecule has 1 fully saturated rings. The van der Waals surface area contributed by atoms with Crippen molar-refractivity contribution in [2.75, 3.05) is 20.3 Å². The van der Waals surface area contributed by atoms with Gasteiger partial charge in [-0.1, -0.05) is 37.8 Å². The third-order valence-electron chi connectivity index (χ3n) is 4.60. The highest BCUT2D eigenvalue weighted by Gasteiger charge is 2.12. The summed E-state index contributed by atoms with van der Waals surface area (Å²) < 4.78 is 11.0. The first-order valence-electron chi connectivity index (χ1n) is 9.46. The molecule has 0 bridgehead atoms. The largest absolute Gasteiger partial charge is 0.493 e. The van der Waals surface area contributed by atoms with E-state index in [2.05, 4.69) is 35.4 Å². The van der Waals surface area contributed by atoms with Gasteiger partial charge < -0.3 is 20.5 Å². The van der Waals surface area contributed by atoms with Crippen LogP contribution in [0.25, 0.3) is 0 Å². The standard InChI is InChI=1S/C20H33N3O2/c1-16-10-11-17(19(14-16)25-13-7-12-24-2)15-22-20(21)23-18-8-5-3-4-6-9-18/h10-11,14,18H,3-9,12-13,15H2,1-2H3,(H3,21,22,23). The molecule has 0 aliphatic heterocycles. The fraction of sp³-hybridized carbons (Fsp3) is 0.650. The van der Waals surface area contributed by atoms with Crippen molar-refractivity contribution in [3.63, 3.8) is 0 Å². The topological polar surface area (TPSA) is 68.9 Å². The van der Waals surface area contributed by atoms with Crippen molar-refractivity contribution in [3.8, 4) is 5.75 Å². The van der Waals surface area contributed by atoms with Crippen LogP contribution in [0.5, 0.6) is 5.75 Å². The van der Waals surface area contributed by atoms with Crippen LogP contribution in [0.4, 0.5) is 0 Å². The molecule has 1 aliphatic carbocycles. The highest BCUT2D eigenvalue weighted by molar-refractivity contribution is 5.78. The van der Waals surface area contributed by atoms with Crippen LogP contribution in [-0.4, -0.2) is 32.3 Å². The Balaban J connectivity index is 1.91. The molecule has 2 rings (SSSR count). The minimum atomic E-state index is 0.467. The van der Waals surface area contributed by atoms with Crippen LogP contribution in [-0.2, 0) is 11.3 Å². The van der Waals surface area contributed by atoms with Crippen LogP contribution in [0.1, 0.15) is 56.1 Å². The number of ether oxygens (including phenoxy) is 2. The minimum absolute atomic E-state index is 0.467. The van der Waals surface area contributed by atoms with Crippen LogP contribution in [0.2, 0.25) is 0 Å². The van der Waals surface area contributed by atoms with Gasteiger partial charge in [0.05, 0.1) is 13.2 Å². The summed E-state index contributed by atoms with van der Waals surface area (Å²) in [5.74, 6) is 1.43. The number of benzene rings is 1. The van der Waals surface area contributed by atoms with E-state index in [4.69, 9.17) is 15.2 Å². The highest BCUT2D eigenvalue weighted by atomic mass is 16.5. The van der Waals surface area contributed by atoms with E-state index in [-0.39, 0.29) is 0 Å². The Bertz CT molecular complexity index is 538. The van der Waals surface area contributed by atoms with Gasteiger partial charge in [-0.15, -0.1) is 0 Å². The number of aliphatic imine (C=N–C) groups is 1. The van der Waals surface area contributed by atoms with E-state index in [1.807, 2.05) is 0 Å². The number of nitrogens with one attached hydrogen (secondary N) is 1. The lowest BCUT2D eigenvalue weighted by molar-refractivity contribution is 0.172. The molecule has 1 aliphatic rings. The number of rotatable bonds is 8. The molecule has 5 nitrogen and oxygen atoms in total. The maximum absolute atomic E-state index is 6.10. The molecule has 1 aromatic rings. The van der Waals surface area contributed by atoms with Gasteiger partial charge in [-0.05, 0) is 31.4 Å². The lowest BCUT2D eigenvalue weighted by Crippen LogP contribution is -2.39. The lowest BCUT2D eigenvalue weighted by atomic mass is 10.1. The number of methoxy groups -OCH3 is 1. The Morgan fingerprint density at radius 1 is 1.20 bits per heavy atom. The van der Waals surface area contributed by atoms with Crippen LogP contribution < -0.4 is 15.8 Å². The molecule has 0 aromatic heterocycles. The van der Waals surface area contributed by atoms with E-state index in [0.29, 0.717) is 31.8 Å². The van der Waals surface area contributed by atoms with Gasteiger partial charge in [0.2, 0.25) is 0 Å². The Kier molecular flexibility index (Phi) is 8.60. The second-order valence-corrected chi connectivity index (χ2v) is 6.84. The Hall–Kier alpha value is -1.75. The van der Waals surface area contributed by atoms with Crippen molar-refractivity contribution in [3.05, 3.63) is 29.3 Å². The summed E-state index contributed by atoms with van der Waals surface area (Å²) in [6.45, 7) is 3.95. The summed E-state index contributed by atoms with van der Waals surface area (Å²) in [6, 6.07) is 6.69. The predicted octanol–water partition coefficient (Wildman–Crippen LogP) is 3.54. The molecule has 0 amide bonds. The molecule has 0 atom stereocenters. The molecular formula is C20H33N3O2. The third kappa shape index (κ3) is 7.34. The smallest absolute Gasteiger partial charge is 0.189 e. The van der Waals surface area contributed by atoms with Crippen molar-refractivity contribution in [2.24, 2.45) is 10.7 Å². The molecule has 5 heteroatoms. The van der Waals surface area contributed by atoms with Crippen LogP contribution in [0.3, 0.4) is 0 Å².